The molecule has 0 unspecified atom stereocenters. The van der Waals surface area contributed by atoms with Crippen molar-refractivity contribution in [3.05, 3.63) is 0 Å². The third-order valence-corrected chi connectivity index (χ3v) is 5.56. The molecule has 2 aliphatic carbocycles. The van der Waals surface area contributed by atoms with Gasteiger partial charge in [-0.1, -0.05) is 19.3 Å². The number of hydrogen-bond acceptors (Lipinski definition) is 3. The van der Waals surface area contributed by atoms with Crippen LogP contribution in [0.15, 0.2) is 0 Å². The molecule has 1 saturated heterocycles. The highest BCUT2D eigenvalue weighted by Gasteiger charge is 2.56. The van der Waals surface area contributed by atoms with Gasteiger partial charge in [-0.2, -0.15) is 0 Å². The maximum absolute atomic E-state index is 12.9. The minimum Gasteiger partial charge on any atom is -0.336 e. The Morgan fingerprint density at radius 3 is 2.35 bits per heavy atom. The van der Waals surface area contributed by atoms with Crippen molar-refractivity contribution >= 4 is 17.8 Å². The fourth-order valence-electron chi connectivity index (χ4n) is 4.15. The smallest absolute Gasteiger partial charge is 0.327 e. The summed E-state index contributed by atoms with van der Waals surface area (Å²) in [5.41, 5.74) is -0.697. The van der Waals surface area contributed by atoms with E-state index >= 15 is 0 Å². The zero-order valence-electron chi connectivity index (χ0n) is 14.4. The van der Waals surface area contributed by atoms with Crippen LogP contribution in [0.5, 0.6) is 0 Å². The van der Waals surface area contributed by atoms with Crippen LogP contribution < -0.4 is 0 Å². The Bertz CT molecular complexity index is 519. The first-order valence-corrected chi connectivity index (χ1v) is 8.79. The van der Waals surface area contributed by atoms with Crippen LogP contribution in [-0.2, 0) is 9.59 Å². The molecule has 3 rings (SSSR count). The third-order valence-electron chi connectivity index (χ3n) is 5.56. The summed E-state index contributed by atoms with van der Waals surface area (Å²) in [5, 5.41) is 0. The van der Waals surface area contributed by atoms with Gasteiger partial charge < -0.3 is 9.80 Å². The van der Waals surface area contributed by atoms with E-state index in [1.807, 2.05) is 18.7 Å². The molecule has 0 bridgehead atoms. The van der Waals surface area contributed by atoms with E-state index in [2.05, 4.69) is 0 Å². The van der Waals surface area contributed by atoms with Gasteiger partial charge in [0.2, 0.25) is 5.91 Å². The Hall–Kier alpha value is -1.59. The number of urea groups is 1. The first-order valence-electron chi connectivity index (χ1n) is 8.79. The number of carbonyl (C=O) groups is 3. The summed E-state index contributed by atoms with van der Waals surface area (Å²) >= 11 is 0. The predicted octanol–water partition coefficient (Wildman–Crippen LogP) is 1.98. The number of amides is 4. The molecule has 2 saturated carbocycles. The van der Waals surface area contributed by atoms with Gasteiger partial charge in [0.1, 0.15) is 12.1 Å². The van der Waals surface area contributed by atoms with Gasteiger partial charge in [0.15, 0.2) is 0 Å². The Kier molecular flexibility index (Phi) is 4.10. The van der Waals surface area contributed by atoms with E-state index in [0.717, 1.165) is 44.9 Å². The average Bonchev–Trinajstić information content (AvgIpc) is 3.33. The second kappa shape index (κ2) is 5.80. The number of nitrogens with zero attached hydrogens (tertiary/aromatic N) is 3. The Morgan fingerprint density at radius 2 is 1.83 bits per heavy atom. The molecule has 6 heteroatoms. The van der Waals surface area contributed by atoms with Crippen LogP contribution in [-0.4, -0.2) is 63.8 Å². The van der Waals surface area contributed by atoms with Crippen LogP contribution in [0.25, 0.3) is 0 Å². The zero-order valence-corrected chi connectivity index (χ0v) is 14.4. The normalized spacial score (nSPS) is 24.0. The number of rotatable bonds is 4. The van der Waals surface area contributed by atoms with Crippen molar-refractivity contribution in [3.8, 4) is 0 Å². The van der Waals surface area contributed by atoms with Crippen LogP contribution in [0.1, 0.15) is 58.8 Å². The molecule has 6 nitrogen and oxygen atoms in total. The van der Waals surface area contributed by atoms with Gasteiger partial charge >= 0.3 is 6.03 Å². The molecule has 0 N–H and O–H groups in total. The largest absolute Gasteiger partial charge is 0.336 e. The maximum atomic E-state index is 12.9. The van der Waals surface area contributed by atoms with Gasteiger partial charge in [0.05, 0.1) is 0 Å². The quantitative estimate of drug-likeness (QED) is 0.744. The lowest BCUT2D eigenvalue weighted by molar-refractivity contribution is -0.141. The van der Waals surface area contributed by atoms with Gasteiger partial charge in [-0.05, 0) is 39.5 Å². The van der Waals surface area contributed by atoms with Crippen molar-refractivity contribution in [2.24, 2.45) is 0 Å². The lowest BCUT2D eigenvalue weighted by atomic mass is 9.81. The van der Waals surface area contributed by atoms with E-state index in [1.54, 1.807) is 11.9 Å². The van der Waals surface area contributed by atoms with Crippen LogP contribution in [0.3, 0.4) is 0 Å². The molecule has 3 aliphatic rings. The minimum atomic E-state index is -0.697. The summed E-state index contributed by atoms with van der Waals surface area (Å²) in [7, 11) is 1.71. The molecule has 1 heterocycles. The summed E-state index contributed by atoms with van der Waals surface area (Å²) in [6, 6.07) is 0.0746. The summed E-state index contributed by atoms with van der Waals surface area (Å²) in [6.45, 7) is 3.86. The molecule has 0 aromatic heterocycles. The molecule has 1 aliphatic heterocycles. The molecule has 0 atom stereocenters. The highest BCUT2D eigenvalue weighted by Crippen LogP contribution is 2.39. The van der Waals surface area contributed by atoms with Gasteiger partial charge in [-0.15, -0.1) is 0 Å². The average molecular weight is 321 g/mol. The Morgan fingerprint density at radius 1 is 1.22 bits per heavy atom. The van der Waals surface area contributed by atoms with Crippen molar-refractivity contribution in [2.75, 3.05) is 13.6 Å². The molecule has 3 fully saturated rings. The van der Waals surface area contributed by atoms with Crippen LogP contribution in [0.2, 0.25) is 0 Å². The Balaban J connectivity index is 1.76. The van der Waals surface area contributed by atoms with Crippen LogP contribution >= 0.6 is 0 Å². The van der Waals surface area contributed by atoms with Crippen LogP contribution in [0.4, 0.5) is 4.79 Å². The Labute approximate surface area is 137 Å². The van der Waals surface area contributed by atoms with Crippen molar-refractivity contribution < 1.29 is 14.4 Å². The first-order chi connectivity index (χ1) is 10.9. The predicted molar refractivity (Wildman–Crippen MR) is 85.7 cm³/mol. The van der Waals surface area contributed by atoms with E-state index in [-0.39, 0.29) is 36.5 Å². The summed E-state index contributed by atoms with van der Waals surface area (Å²) in [5.74, 6) is -0.275. The van der Waals surface area contributed by atoms with Crippen molar-refractivity contribution in [3.63, 3.8) is 0 Å². The maximum Gasteiger partial charge on any atom is 0.327 e. The molecule has 0 radical (unpaired) electrons. The van der Waals surface area contributed by atoms with E-state index in [4.69, 9.17) is 0 Å². The summed E-state index contributed by atoms with van der Waals surface area (Å²) < 4.78 is 0. The second-order valence-electron chi connectivity index (χ2n) is 7.45. The fraction of sp³-hybridized carbons (Fsp3) is 0.824. The second-order valence-corrected chi connectivity index (χ2v) is 7.45. The molecule has 23 heavy (non-hydrogen) atoms. The molecule has 128 valence electrons. The number of imide groups is 1. The minimum absolute atomic E-state index is 0.101. The first kappa shape index (κ1) is 16.3. The van der Waals surface area contributed by atoms with E-state index in [0.29, 0.717) is 0 Å². The van der Waals surface area contributed by atoms with E-state index in [9.17, 15) is 14.4 Å². The molecule has 0 aromatic carbocycles. The molecule has 0 aromatic rings. The highest BCUT2D eigenvalue weighted by molar-refractivity contribution is 6.09. The van der Waals surface area contributed by atoms with Crippen molar-refractivity contribution in [1.82, 2.24) is 14.7 Å². The van der Waals surface area contributed by atoms with Gasteiger partial charge in [-0.3, -0.25) is 14.5 Å². The summed E-state index contributed by atoms with van der Waals surface area (Å²) in [6.07, 6.45) is 6.52. The summed E-state index contributed by atoms with van der Waals surface area (Å²) in [4.78, 5) is 42.7. The topological polar surface area (TPSA) is 60.9 Å². The third kappa shape index (κ3) is 2.62. The van der Waals surface area contributed by atoms with E-state index < -0.39 is 5.54 Å². The lowest BCUT2D eigenvalue weighted by Gasteiger charge is -2.35. The van der Waals surface area contributed by atoms with Gasteiger partial charge in [0.25, 0.3) is 5.91 Å². The molecular formula is C17H27N3O3. The number of likely N-dealkylation sites (N-methyl/N-ethyl adjacent to an activating group) is 1. The van der Waals surface area contributed by atoms with Gasteiger partial charge in [0, 0.05) is 19.1 Å². The van der Waals surface area contributed by atoms with Gasteiger partial charge in [-0.25, -0.2) is 4.79 Å². The SMILES string of the molecule is CC(C)N(C(=O)CN1C(=O)N(C)C2(CCCCC2)C1=O)C1CC1. The molecular weight excluding hydrogens is 294 g/mol. The number of carbonyl (C=O) groups excluding carboxylic acids is 3. The van der Waals surface area contributed by atoms with Crippen molar-refractivity contribution in [1.29, 1.82) is 0 Å². The molecule has 4 amide bonds. The highest BCUT2D eigenvalue weighted by atomic mass is 16.2. The van der Waals surface area contributed by atoms with Crippen molar-refractivity contribution in [2.45, 2.75) is 76.4 Å². The van der Waals surface area contributed by atoms with Crippen LogP contribution in [0, 0.1) is 0 Å². The zero-order chi connectivity index (χ0) is 16.8. The number of hydrogen-bond donors (Lipinski definition) is 0. The fourth-order valence-corrected chi connectivity index (χ4v) is 4.15. The molecule has 1 spiro atoms. The monoisotopic (exact) mass is 321 g/mol. The lowest BCUT2D eigenvalue weighted by Crippen LogP contribution is -2.50. The standard InChI is InChI=1S/C17H27N3O3/c1-12(2)20(13-7-8-13)14(21)11-19-15(22)17(18(3)16(19)23)9-5-4-6-10-17/h12-13H,4-11H2,1-3H3. The van der Waals surface area contributed by atoms with E-state index in [1.165, 1.54) is 4.90 Å².